The van der Waals surface area contributed by atoms with E-state index in [0.717, 1.165) is 48.2 Å². The van der Waals surface area contributed by atoms with Crippen molar-refractivity contribution in [3.63, 3.8) is 0 Å². The van der Waals surface area contributed by atoms with Gasteiger partial charge in [-0.3, -0.25) is 4.79 Å². The van der Waals surface area contributed by atoms with Gasteiger partial charge in [0.15, 0.2) is 0 Å². The number of nitrogens with zero attached hydrogens (tertiary/aromatic N) is 3. The van der Waals surface area contributed by atoms with Gasteiger partial charge in [-0.25, -0.2) is 9.37 Å². The molecule has 164 valence electrons. The topological polar surface area (TPSA) is 47.4 Å². The van der Waals surface area contributed by atoms with Crippen LogP contribution in [-0.4, -0.2) is 33.5 Å². The number of amides is 1. The van der Waals surface area contributed by atoms with Gasteiger partial charge in [-0.1, -0.05) is 24.3 Å². The summed E-state index contributed by atoms with van der Waals surface area (Å²) >= 11 is 0. The molecule has 5 nitrogen and oxygen atoms in total. The molecule has 1 amide bonds. The molecule has 2 fully saturated rings. The number of hydrogen-bond donors (Lipinski definition) is 0. The van der Waals surface area contributed by atoms with Crippen molar-refractivity contribution in [1.82, 2.24) is 14.5 Å². The molecule has 2 aromatic carbocycles. The molecule has 0 spiro atoms. The zero-order valence-corrected chi connectivity index (χ0v) is 18.3. The molecule has 0 aliphatic carbocycles. The monoisotopic (exact) mass is 431 g/mol. The number of piperidine rings is 1. The number of rotatable bonds is 4. The fourth-order valence-corrected chi connectivity index (χ4v) is 5.00. The molecular formula is C26H26FN3O2. The largest absolute Gasteiger partial charge is 0.495 e. The van der Waals surface area contributed by atoms with Gasteiger partial charge in [0.05, 0.1) is 30.9 Å². The van der Waals surface area contributed by atoms with Crippen molar-refractivity contribution in [3.05, 3.63) is 83.2 Å². The van der Waals surface area contributed by atoms with E-state index < -0.39 is 0 Å². The summed E-state index contributed by atoms with van der Waals surface area (Å²) < 4.78 is 22.0. The first kappa shape index (κ1) is 20.5. The van der Waals surface area contributed by atoms with E-state index >= 15 is 0 Å². The molecular weight excluding hydrogens is 405 g/mol. The first-order valence-corrected chi connectivity index (χ1v) is 11.0. The Kier molecular flexibility index (Phi) is 5.29. The number of ether oxygens (including phenoxy) is 1. The highest BCUT2D eigenvalue weighted by atomic mass is 19.1. The molecule has 2 saturated heterocycles. The summed E-state index contributed by atoms with van der Waals surface area (Å²) in [5.41, 5.74) is 4.11. The van der Waals surface area contributed by atoms with E-state index in [1.165, 1.54) is 6.07 Å². The summed E-state index contributed by atoms with van der Waals surface area (Å²) in [5, 5.41) is 0. The molecule has 5 rings (SSSR count). The van der Waals surface area contributed by atoms with E-state index in [2.05, 4.69) is 4.98 Å². The maximum absolute atomic E-state index is 14.5. The number of fused-ring (bicyclic) bond motifs is 1. The van der Waals surface area contributed by atoms with Crippen LogP contribution < -0.4 is 4.74 Å². The SMILES string of the molecule is COc1cc(/C=C2\CC[C@H]3CC[C@@H](c4ccccc4F)N3C2=O)ccc1-n1cnc(C)c1. The molecule has 0 saturated carbocycles. The molecule has 0 N–H and O–H groups in total. The van der Waals surface area contributed by atoms with Crippen LogP contribution in [0.2, 0.25) is 0 Å². The molecule has 6 heteroatoms. The summed E-state index contributed by atoms with van der Waals surface area (Å²) in [6, 6.07) is 12.7. The molecule has 32 heavy (non-hydrogen) atoms. The molecule has 3 heterocycles. The van der Waals surface area contributed by atoms with Crippen LogP contribution in [0.1, 0.15) is 48.5 Å². The highest BCUT2D eigenvalue weighted by Gasteiger charge is 2.42. The number of imidazole rings is 1. The number of methoxy groups -OCH3 is 1. The van der Waals surface area contributed by atoms with Crippen LogP contribution in [0.5, 0.6) is 5.75 Å². The van der Waals surface area contributed by atoms with Crippen LogP contribution >= 0.6 is 0 Å². The number of hydrogen-bond acceptors (Lipinski definition) is 3. The fraction of sp³-hybridized carbons (Fsp3) is 0.308. The Bertz CT molecular complexity index is 1200. The number of aryl methyl sites for hydroxylation is 1. The number of aromatic nitrogens is 2. The minimum atomic E-state index is -0.239. The predicted octanol–water partition coefficient (Wildman–Crippen LogP) is 5.24. The highest BCUT2D eigenvalue weighted by molar-refractivity contribution is 5.99. The Morgan fingerprint density at radius 2 is 2.00 bits per heavy atom. The summed E-state index contributed by atoms with van der Waals surface area (Å²) in [5.74, 6) is 0.487. The summed E-state index contributed by atoms with van der Waals surface area (Å²) in [7, 11) is 1.64. The number of carbonyl (C=O) groups is 1. The van der Waals surface area contributed by atoms with Gasteiger partial charge in [0, 0.05) is 23.4 Å². The Balaban J connectivity index is 1.44. The second kappa shape index (κ2) is 8.26. The van der Waals surface area contributed by atoms with Crippen molar-refractivity contribution in [2.75, 3.05) is 7.11 Å². The van der Waals surface area contributed by atoms with Crippen molar-refractivity contribution in [1.29, 1.82) is 0 Å². The van der Waals surface area contributed by atoms with Crippen molar-refractivity contribution in [3.8, 4) is 11.4 Å². The highest BCUT2D eigenvalue weighted by Crippen LogP contribution is 2.43. The quantitative estimate of drug-likeness (QED) is 0.531. The number of halogens is 1. The zero-order chi connectivity index (χ0) is 22.2. The van der Waals surface area contributed by atoms with E-state index in [0.29, 0.717) is 11.3 Å². The predicted molar refractivity (Wildman–Crippen MR) is 121 cm³/mol. The molecule has 2 aliphatic heterocycles. The van der Waals surface area contributed by atoms with E-state index in [9.17, 15) is 9.18 Å². The standard InChI is InChI=1S/C26H26FN3O2/c1-17-15-29(16-28-17)24-11-7-18(14-25(24)32-2)13-19-8-9-20-10-12-23(30(20)26(19)31)21-5-3-4-6-22(21)27/h3-7,11,13-16,20,23H,8-10,12H2,1-2H3/b19-13+/t20-,23-/m0/s1. The molecule has 2 aliphatic rings. The van der Waals surface area contributed by atoms with Gasteiger partial charge in [-0.2, -0.15) is 0 Å². The van der Waals surface area contributed by atoms with Gasteiger partial charge in [0.25, 0.3) is 5.91 Å². The second-order valence-corrected chi connectivity index (χ2v) is 8.54. The lowest BCUT2D eigenvalue weighted by molar-refractivity contribution is -0.131. The molecule has 3 aromatic rings. The van der Waals surface area contributed by atoms with Crippen LogP contribution in [0.25, 0.3) is 11.8 Å². The lowest BCUT2D eigenvalue weighted by Crippen LogP contribution is -2.42. The third kappa shape index (κ3) is 3.60. The smallest absolute Gasteiger partial charge is 0.250 e. The molecule has 0 radical (unpaired) electrons. The molecule has 0 unspecified atom stereocenters. The van der Waals surface area contributed by atoms with E-state index in [1.807, 2.05) is 52.9 Å². The summed E-state index contributed by atoms with van der Waals surface area (Å²) in [6.45, 7) is 1.94. The van der Waals surface area contributed by atoms with Crippen LogP contribution in [0.3, 0.4) is 0 Å². The lowest BCUT2D eigenvalue weighted by Gasteiger charge is -2.35. The first-order chi connectivity index (χ1) is 15.5. The Morgan fingerprint density at radius 3 is 2.75 bits per heavy atom. The van der Waals surface area contributed by atoms with Gasteiger partial charge < -0.3 is 14.2 Å². The summed E-state index contributed by atoms with van der Waals surface area (Å²) in [6.07, 6.45) is 9.01. The molecule has 1 aromatic heterocycles. The van der Waals surface area contributed by atoms with Crippen LogP contribution in [-0.2, 0) is 4.79 Å². The van der Waals surface area contributed by atoms with Crippen molar-refractivity contribution in [2.45, 2.75) is 44.7 Å². The van der Waals surface area contributed by atoms with E-state index in [1.54, 1.807) is 25.6 Å². The number of carbonyl (C=O) groups excluding carboxylic acids is 1. The first-order valence-electron chi connectivity index (χ1n) is 11.0. The average Bonchev–Trinajstić information content (AvgIpc) is 3.42. The maximum atomic E-state index is 14.5. The maximum Gasteiger partial charge on any atom is 0.250 e. The summed E-state index contributed by atoms with van der Waals surface area (Å²) in [4.78, 5) is 19.6. The lowest BCUT2D eigenvalue weighted by atomic mass is 9.95. The third-order valence-electron chi connectivity index (χ3n) is 6.56. The van der Waals surface area contributed by atoms with Crippen LogP contribution in [0.15, 0.2) is 60.6 Å². The molecule has 2 atom stereocenters. The normalized spacial score (nSPS) is 21.8. The Morgan fingerprint density at radius 1 is 1.16 bits per heavy atom. The van der Waals surface area contributed by atoms with Crippen molar-refractivity contribution >= 4 is 12.0 Å². The Labute approximate surface area is 187 Å². The van der Waals surface area contributed by atoms with Gasteiger partial charge in [0.2, 0.25) is 0 Å². The minimum Gasteiger partial charge on any atom is -0.495 e. The fourth-order valence-electron chi connectivity index (χ4n) is 5.00. The average molecular weight is 432 g/mol. The Hall–Kier alpha value is -3.41. The minimum absolute atomic E-state index is 0.0141. The van der Waals surface area contributed by atoms with Gasteiger partial charge >= 0.3 is 0 Å². The third-order valence-corrected chi connectivity index (χ3v) is 6.56. The van der Waals surface area contributed by atoms with Gasteiger partial charge in [0.1, 0.15) is 11.6 Å². The van der Waals surface area contributed by atoms with Gasteiger partial charge in [-0.05, 0) is 62.4 Å². The van der Waals surface area contributed by atoms with Crippen LogP contribution in [0, 0.1) is 12.7 Å². The van der Waals surface area contributed by atoms with E-state index in [-0.39, 0.29) is 23.8 Å². The number of benzene rings is 2. The van der Waals surface area contributed by atoms with Gasteiger partial charge in [-0.15, -0.1) is 0 Å². The van der Waals surface area contributed by atoms with Crippen LogP contribution in [0.4, 0.5) is 4.39 Å². The zero-order valence-electron chi connectivity index (χ0n) is 18.3. The van der Waals surface area contributed by atoms with E-state index in [4.69, 9.17) is 4.74 Å². The molecule has 0 bridgehead atoms. The van der Waals surface area contributed by atoms with Crippen molar-refractivity contribution in [2.24, 2.45) is 0 Å². The van der Waals surface area contributed by atoms with Crippen molar-refractivity contribution < 1.29 is 13.9 Å². The second-order valence-electron chi connectivity index (χ2n) is 8.54.